The number of nitrogens with zero attached hydrogens (tertiary/aromatic N) is 6. The number of aromatic nitrogens is 6. The van der Waals surface area contributed by atoms with Gasteiger partial charge in [0, 0.05) is 22.8 Å². The number of piperidine rings is 1. The van der Waals surface area contributed by atoms with Crippen molar-refractivity contribution in [1.82, 2.24) is 35.5 Å². The van der Waals surface area contributed by atoms with Crippen molar-refractivity contribution in [2.75, 3.05) is 10.6 Å². The van der Waals surface area contributed by atoms with Gasteiger partial charge >= 0.3 is 0 Å². The smallest absolute Gasteiger partial charge is 0.229 e. The molecule has 3 aromatic rings. The van der Waals surface area contributed by atoms with Gasteiger partial charge < -0.3 is 16.0 Å². The summed E-state index contributed by atoms with van der Waals surface area (Å²) in [6.45, 7) is 8.63. The molecule has 10 heteroatoms. The number of anilines is 3. The summed E-state index contributed by atoms with van der Waals surface area (Å²) in [5, 5.41) is 21.2. The first-order valence-electron chi connectivity index (χ1n) is 9.88. The lowest BCUT2D eigenvalue weighted by Gasteiger charge is -2.46. The summed E-state index contributed by atoms with van der Waals surface area (Å²) in [6.07, 6.45) is 4.41. The summed E-state index contributed by atoms with van der Waals surface area (Å²) >= 11 is 0. The third-order valence-corrected chi connectivity index (χ3v) is 4.99. The summed E-state index contributed by atoms with van der Waals surface area (Å²) in [5.41, 5.74) is 1.41. The van der Waals surface area contributed by atoms with Crippen molar-refractivity contribution in [2.24, 2.45) is 0 Å². The van der Waals surface area contributed by atoms with Crippen molar-refractivity contribution < 1.29 is 4.39 Å². The average molecular weight is 411 g/mol. The Labute approximate surface area is 174 Å². The van der Waals surface area contributed by atoms with E-state index < -0.39 is 5.82 Å². The maximum absolute atomic E-state index is 14.4. The van der Waals surface area contributed by atoms with Gasteiger partial charge in [-0.05, 0) is 69.2 Å². The first-order valence-corrected chi connectivity index (χ1v) is 9.88. The molecule has 0 atom stereocenters. The lowest BCUT2D eigenvalue weighted by molar-refractivity contribution is 0.170. The summed E-state index contributed by atoms with van der Waals surface area (Å²) in [6, 6.07) is 7.55. The molecular formula is C20H26FN9. The molecule has 0 amide bonds. The maximum atomic E-state index is 14.4. The second-order valence-corrected chi connectivity index (χ2v) is 8.96. The van der Waals surface area contributed by atoms with Crippen LogP contribution in [0.15, 0.2) is 36.8 Å². The Morgan fingerprint density at radius 2 is 1.93 bits per heavy atom. The third kappa shape index (κ3) is 4.70. The van der Waals surface area contributed by atoms with Gasteiger partial charge in [-0.1, -0.05) is 6.07 Å². The first-order chi connectivity index (χ1) is 14.2. The minimum absolute atomic E-state index is 0.0549. The zero-order valence-corrected chi connectivity index (χ0v) is 17.5. The van der Waals surface area contributed by atoms with Crippen LogP contribution in [0.1, 0.15) is 40.5 Å². The Hall–Kier alpha value is -3.14. The van der Waals surface area contributed by atoms with Gasteiger partial charge in [0.1, 0.15) is 6.33 Å². The van der Waals surface area contributed by atoms with Gasteiger partial charge in [0.05, 0.1) is 11.9 Å². The van der Waals surface area contributed by atoms with Gasteiger partial charge in [0.2, 0.25) is 5.95 Å². The first kappa shape index (κ1) is 20.1. The Bertz CT molecular complexity index is 1000. The second-order valence-electron chi connectivity index (χ2n) is 8.96. The zero-order chi connectivity index (χ0) is 21.4. The quantitative estimate of drug-likeness (QED) is 0.588. The molecule has 158 valence electrons. The van der Waals surface area contributed by atoms with Gasteiger partial charge in [-0.25, -0.2) is 14.1 Å². The Morgan fingerprint density at radius 3 is 2.63 bits per heavy atom. The van der Waals surface area contributed by atoms with Gasteiger partial charge in [-0.2, -0.15) is 4.98 Å². The molecule has 0 bridgehead atoms. The highest BCUT2D eigenvalue weighted by molar-refractivity contribution is 5.58. The molecule has 3 N–H and O–H groups in total. The molecule has 1 fully saturated rings. The number of benzene rings is 1. The summed E-state index contributed by atoms with van der Waals surface area (Å²) in [7, 11) is 0. The number of hydrogen-bond acceptors (Lipinski definition) is 8. The number of tetrazole rings is 1. The van der Waals surface area contributed by atoms with Crippen molar-refractivity contribution in [3.05, 3.63) is 42.6 Å². The molecule has 0 saturated carbocycles. The van der Waals surface area contributed by atoms with E-state index in [2.05, 4.69) is 69.1 Å². The monoisotopic (exact) mass is 411 g/mol. The van der Waals surface area contributed by atoms with E-state index in [-0.39, 0.29) is 22.9 Å². The molecule has 1 aliphatic rings. The van der Waals surface area contributed by atoms with E-state index in [0.717, 1.165) is 24.2 Å². The van der Waals surface area contributed by atoms with E-state index in [1.165, 1.54) is 12.5 Å². The van der Waals surface area contributed by atoms with Crippen LogP contribution in [0.2, 0.25) is 0 Å². The van der Waals surface area contributed by atoms with Crippen molar-refractivity contribution in [3.8, 4) is 5.69 Å². The van der Waals surface area contributed by atoms with E-state index >= 15 is 0 Å². The standard InChI is InChI=1S/C20H26FN9/c1-19(2)9-14(10-20(3,4)27-19)24-17-16(21)11-22-18(26-17)25-13-6-5-7-15(8-13)30-12-23-28-29-30/h5-8,11-12,14,27H,9-10H2,1-4H3,(H2,22,24,25,26). The minimum Gasteiger partial charge on any atom is -0.365 e. The molecule has 1 aliphatic heterocycles. The number of halogens is 1. The van der Waals surface area contributed by atoms with Crippen molar-refractivity contribution >= 4 is 17.5 Å². The van der Waals surface area contributed by atoms with Crippen LogP contribution in [0.25, 0.3) is 5.69 Å². The highest BCUT2D eigenvalue weighted by Crippen LogP contribution is 2.31. The normalized spacial score (nSPS) is 18.2. The Morgan fingerprint density at radius 1 is 1.17 bits per heavy atom. The lowest BCUT2D eigenvalue weighted by atomic mass is 9.79. The molecule has 0 aliphatic carbocycles. The third-order valence-electron chi connectivity index (χ3n) is 4.99. The molecule has 1 aromatic carbocycles. The van der Waals surface area contributed by atoms with Crippen LogP contribution >= 0.6 is 0 Å². The average Bonchev–Trinajstić information content (AvgIpc) is 3.17. The number of nitrogens with one attached hydrogen (secondary N) is 3. The van der Waals surface area contributed by atoms with Gasteiger partial charge in [-0.3, -0.25) is 0 Å². The van der Waals surface area contributed by atoms with Crippen LogP contribution in [0.4, 0.5) is 21.8 Å². The largest absolute Gasteiger partial charge is 0.365 e. The summed E-state index contributed by atoms with van der Waals surface area (Å²) < 4.78 is 16.0. The lowest BCUT2D eigenvalue weighted by Crippen LogP contribution is -2.60. The van der Waals surface area contributed by atoms with Crippen LogP contribution in [-0.2, 0) is 0 Å². The molecule has 2 aromatic heterocycles. The van der Waals surface area contributed by atoms with Crippen molar-refractivity contribution in [2.45, 2.75) is 57.7 Å². The Kier molecular flexibility index (Phi) is 5.10. The van der Waals surface area contributed by atoms with Crippen molar-refractivity contribution in [1.29, 1.82) is 0 Å². The highest BCUT2D eigenvalue weighted by Gasteiger charge is 2.38. The topological polar surface area (TPSA) is 105 Å². The molecule has 3 heterocycles. The Balaban J connectivity index is 1.52. The van der Waals surface area contributed by atoms with Crippen molar-refractivity contribution in [3.63, 3.8) is 0 Å². The molecule has 4 rings (SSSR count). The van der Waals surface area contributed by atoms with E-state index in [0.29, 0.717) is 5.95 Å². The van der Waals surface area contributed by atoms with Gasteiger partial charge in [-0.15, -0.1) is 5.10 Å². The maximum Gasteiger partial charge on any atom is 0.229 e. The van der Waals surface area contributed by atoms with Crippen LogP contribution in [0, 0.1) is 5.82 Å². The van der Waals surface area contributed by atoms with E-state index in [1.54, 1.807) is 4.68 Å². The molecule has 0 radical (unpaired) electrons. The molecule has 30 heavy (non-hydrogen) atoms. The number of hydrogen-bond donors (Lipinski definition) is 3. The van der Waals surface area contributed by atoms with Gasteiger partial charge in [0.25, 0.3) is 0 Å². The van der Waals surface area contributed by atoms with Crippen LogP contribution in [0.3, 0.4) is 0 Å². The zero-order valence-electron chi connectivity index (χ0n) is 17.5. The second kappa shape index (κ2) is 7.60. The van der Waals surface area contributed by atoms with E-state index in [4.69, 9.17) is 0 Å². The fraction of sp³-hybridized carbons (Fsp3) is 0.450. The van der Waals surface area contributed by atoms with E-state index in [1.807, 2.05) is 24.3 Å². The summed E-state index contributed by atoms with van der Waals surface area (Å²) in [5.74, 6) is 0.0278. The van der Waals surface area contributed by atoms with Crippen LogP contribution in [-0.4, -0.2) is 47.3 Å². The molecule has 0 spiro atoms. The summed E-state index contributed by atoms with van der Waals surface area (Å²) in [4.78, 5) is 8.45. The molecular weight excluding hydrogens is 385 g/mol. The molecule has 0 unspecified atom stereocenters. The van der Waals surface area contributed by atoms with Crippen LogP contribution < -0.4 is 16.0 Å². The fourth-order valence-electron chi connectivity index (χ4n) is 4.28. The minimum atomic E-state index is -0.475. The predicted octanol–water partition coefficient (Wildman–Crippen LogP) is 3.06. The van der Waals surface area contributed by atoms with E-state index in [9.17, 15) is 4.39 Å². The highest BCUT2D eigenvalue weighted by atomic mass is 19.1. The predicted molar refractivity (Wildman–Crippen MR) is 112 cm³/mol. The SMILES string of the molecule is CC1(C)CC(Nc2nc(Nc3cccc(-n4cnnn4)c3)ncc2F)CC(C)(C)N1. The van der Waals surface area contributed by atoms with Crippen LogP contribution in [0.5, 0.6) is 0 Å². The number of rotatable bonds is 5. The fourth-order valence-corrected chi connectivity index (χ4v) is 4.28. The molecule has 1 saturated heterocycles. The molecule has 9 nitrogen and oxygen atoms in total. The van der Waals surface area contributed by atoms with Gasteiger partial charge in [0.15, 0.2) is 11.6 Å².